The average molecular weight is 249 g/mol. The fraction of sp³-hybridized carbons (Fsp3) is 0.333. The lowest BCUT2D eigenvalue weighted by molar-refractivity contribution is 0.178. The van der Waals surface area contributed by atoms with E-state index in [0.29, 0.717) is 12.4 Å². The fourth-order valence-electron chi connectivity index (χ4n) is 1.61. The van der Waals surface area contributed by atoms with Crippen molar-refractivity contribution in [3.8, 4) is 11.3 Å². The molecule has 0 aromatic carbocycles. The summed E-state index contributed by atoms with van der Waals surface area (Å²) in [6, 6.07) is 4.03. The lowest BCUT2D eigenvalue weighted by Gasteiger charge is -2.07. The Morgan fingerprint density at radius 3 is 2.82 bits per heavy atom. The Bertz CT molecular complexity index is 510. The number of rotatable bonds is 4. The monoisotopic (exact) mass is 249 g/mol. The van der Waals surface area contributed by atoms with Gasteiger partial charge in [-0.05, 0) is 18.4 Å². The molecule has 0 atom stereocenters. The van der Waals surface area contributed by atoms with E-state index in [0.717, 1.165) is 17.1 Å². The van der Waals surface area contributed by atoms with Crippen LogP contribution >= 0.6 is 11.3 Å². The second-order valence-electron chi connectivity index (χ2n) is 3.63. The topological polar surface area (TPSA) is 47.0 Å². The van der Waals surface area contributed by atoms with Gasteiger partial charge in [-0.3, -0.25) is 0 Å². The molecule has 90 valence electrons. The van der Waals surface area contributed by atoms with Crippen LogP contribution < -0.4 is 5.32 Å². The third-order valence-electron chi connectivity index (χ3n) is 2.44. The molecule has 17 heavy (non-hydrogen) atoms. The Hall–Kier alpha value is -1.46. The van der Waals surface area contributed by atoms with Crippen LogP contribution in [0.5, 0.6) is 0 Å². The summed E-state index contributed by atoms with van der Waals surface area (Å²) in [6.07, 6.45) is 0. The number of methoxy groups -OCH3 is 1. The van der Waals surface area contributed by atoms with Gasteiger partial charge in [0.25, 0.3) is 0 Å². The summed E-state index contributed by atoms with van der Waals surface area (Å²) in [5.41, 5.74) is 2.10. The zero-order valence-electron chi connectivity index (χ0n) is 10.2. The average Bonchev–Trinajstić information content (AvgIpc) is 2.75. The number of nitrogens with zero attached hydrogens (tertiary/aromatic N) is 2. The van der Waals surface area contributed by atoms with E-state index in [1.807, 2.05) is 13.1 Å². The Kier molecular flexibility index (Phi) is 3.71. The van der Waals surface area contributed by atoms with Crippen LogP contribution in [0.4, 0.5) is 5.82 Å². The molecule has 2 aromatic rings. The van der Waals surface area contributed by atoms with Crippen LogP contribution in [0.25, 0.3) is 11.3 Å². The molecule has 0 amide bonds. The summed E-state index contributed by atoms with van der Waals surface area (Å²) in [7, 11) is 3.49. The number of aromatic nitrogens is 2. The number of ether oxygens (including phenoxy) is 1. The summed E-state index contributed by atoms with van der Waals surface area (Å²) in [6.45, 7) is 2.52. The highest BCUT2D eigenvalue weighted by Gasteiger charge is 2.08. The Morgan fingerprint density at radius 2 is 2.24 bits per heavy atom. The highest BCUT2D eigenvalue weighted by molar-refractivity contribution is 7.10. The molecular weight excluding hydrogens is 234 g/mol. The van der Waals surface area contributed by atoms with Crippen LogP contribution in [0.2, 0.25) is 0 Å². The van der Waals surface area contributed by atoms with E-state index in [1.54, 1.807) is 18.4 Å². The number of anilines is 1. The highest BCUT2D eigenvalue weighted by atomic mass is 32.1. The number of thiophene rings is 1. The predicted octanol–water partition coefficient (Wildman–Crippen LogP) is 2.70. The van der Waals surface area contributed by atoms with Gasteiger partial charge in [0.15, 0.2) is 5.82 Å². The van der Waals surface area contributed by atoms with Gasteiger partial charge in [0, 0.05) is 30.7 Å². The summed E-state index contributed by atoms with van der Waals surface area (Å²) >= 11 is 1.72. The fourth-order valence-corrected chi connectivity index (χ4v) is 2.32. The van der Waals surface area contributed by atoms with Crippen LogP contribution in [-0.4, -0.2) is 24.1 Å². The molecule has 2 rings (SSSR count). The summed E-state index contributed by atoms with van der Waals surface area (Å²) < 4.78 is 5.08. The van der Waals surface area contributed by atoms with Crippen molar-refractivity contribution >= 4 is 17.2 Å². The maximum Gasteiger partial charge on any atom is 0.157 e. The summed E-state index contributed by atoms with van der Waals surface area (Å²) in [4.78, 5) is 10.1. The minimum Gasteiger partial charge on any atom is -0.377 e. The minimum absolute atomic E-state index is 0.422. The third kappa shape index (κ3) is 2.62. The van der Waals surface area contributed by atoms with Gasteiger partial charge in [-0.25, -0.2) is 9.97 Å². The van der Waals surface area contributed by atoms with Crippen molar-refractivity contribution in [1.29, 1.82) is 0 Å². The van der Waals surface area contributed by atoms with Crippen LogP contribution in [0.15, 0.2) is 17.5 Å². The van der Waals surface area contributed by atoms with Crippen molar-refractivity contribution in [1.82, 2.24) is 9.97 Å². The molecule has 0 aliphatic carbocycles. The van der Waals surface area contributed by atoms with Gasteiger partial charge < -0.3 is 10.1 Å². The quantitative estimate of drug-likeness (QED) is 0.905. The largest absolute Gasteiger partial charge is 0.377 e. The van der Waals surface area contributed by atoms with Crippen LogP contribution in [0, 0.1) is 6.92 Å². The van der Waals surface area contributed by atoms with E-state index < -0.39 is 0 Å². The van der Waals surface area contributed by atoms with Crippen molar-refractivity contribution in [3.63, 3.8) is 0 Å². The molecule has 0 unspecified atom stereocenters. The first kappa shape index (κ1) is 12.0. The minimum atomic E-state index is 0.422. The molecule has 2 heterocycles. The molecule has 0 spiro atoms. The van der Waals surface area contributed by atoms with E-state index in [-0.39, 0.29) is 0 Å². The lowest BCUT2D eigenvalue weighted by atomic mass is 10.2. The molecular formula is C12H15N3OS. The summed E-state index contributed by atoms with van der Waals surface area (Å²) in [5.74, 6) is 1.51. The molecule has 0 saturated carbocycles. The van der Waals surface area contributed by atoms with Gasteiger partial charge in [-0.1, -0.05) is 0 Å². The Morgan fingerprint density at radius 1 is 1.41 bits per heavy atom. The Balaban J connectivity index is 2.46. The normalized spacial score (nSPS) is 10.5. The molecule has 1 N–H and O–H groups in total. The molecule has 0 saturated heterocycles. The number of aryl methyl sites for hydroxylation is 1. The zero-order valence-corrected chi connectivity index (χ0v) is 11.0. The van der Waals surface area contributed by atoms with Crippen LogP contribution in [-0.2, 0) is 11.3 Å². The highest BCUT2D eigenvalue weighted by Crippen LogP contribution is 2.27. The van der Waals surface area contributed by atoms with E-state index >= 15 is 0 Å². The number of hydrogen-bond donors (Lipinski definition) is 1. The lowest BCUT2D eigenvalue weighted by Crippen LogP contribution is -2.02. The molecule has 5 heteroatoms. The maximum absolute atomic E-state index is 5.08. The van der Waals surface area contributed by atoms with Crippen molar-refractivity contribution in [2.24, 2.45) is 0 Å². The standard InChI is InChI=1S/C12H15N3OS/c1-8-9(4-5-17-8)10-6-11(13-2)15-12(14-10)7-16-3/h4-6H,7H2,1-3H3,(H,13,14,15). The van der Waals surface area contributed by atoms with Gasteiger partial charge in [0.05, 0.1) is 5.69 Å². The first-order valence-corrected chi connectivity index (χ1v) is 6.21. The van der Waals surface area contributed by atoms with Crippen molar-refractivity contribution in [2.75, 3.05) is 19.5 Å². The van der Waals surface area contributed by atoms with Gasteiger partial charge in [0.2, 0.25) is 0 Å². The van der Waals surface area contributed by atoms with E-state index in [4.69, 9.17) is 4.74 Å². The maximum atomic E-state index is 5.08. The second-order valence-corrected chi connectivity index (χ2v) is 4.75. The molecule has 0 aliphatic rings. The Labute approximate surface area is 105 Å². The zero-order chi connectivity index (χ0) is 12.3. The van der Waals surface area contributed by atoms with Gasteiger partial charge in [0.1, 0.15) is 12.4 Å². The molecule has 4 nitrogen and oxygen atoms in total. The molecule has 2 aromatic heterocycles. The van der Waals surface area contributed by atoms with Gasteiger partial charge in [-0.15, -0.1) is 11.3 Å². The van der Waals surface area contributed by atoms with E-state index in [1.165, 1.54) is 4.88 Å². The smallest absolute Gasteiger partial charge is 0.157 e. The van der Waals surface area contributed by atoms with Gasteiger partial charge >= 0.3 is 0 Å². The first-order valence-electron chi connectivity index (χ1n) is 5.33. The molecule has 0 radical (unpaired) electrons. The van der Waals surface area contributed by atoms with Crippen molar-refractivity contribution < 1.29 is 4.74 Å². The van der Waals surface area contributed by atoms with Crippen LogP contribution in [0.1, 0.15) is 10.7 Å². The number of nitrogens with one attached hydrogen (secondary N) is 1. The first-order chi connectivity index (χ1) is 8.24. The van der Waals surface area contributed by atoms with Crippen LogP contribution in [0.3, 0.4) is 0 Å². The van der Waals surface area contributed by atoms with Crippen molar-refractivity contribution in [2.45, 2.75) is 13.5 Å². The number of hydrogen-bond acceptors (Lipinski definition) is 5. The molecule has 0 aliphatic heterocycles. The van der Waals surface area contributed by atoms with E-state index in [2.05, 4.69) is 33.7 Å². The second kappa shape index (κ2) is 5.25. The van der Waals surface area contributed by atoms with Crippen molar-refractivity contribution in [3.05, 3.63) is 28.2 Å². The van der Waals surface area contributed by atoms with Gasteiger partial charge in [-0.2, -0.15) is 0 Å². The molecule has 0 bridgehead atoms. The molecule has 0 fully saturated rings. The SMILES string of the molecule is CNc1cc(-c2ccsc2C)nc(COC)n1. The summed E-state index contributed by atoms with van der Waals surface area (Å²) in [5, 5.41) is 5.12. The predicted molar refractivity (Wildman–Crippen MR) is 70.3 cm³/mol. The van der Waals surface area contributed by atoms with E-state index in [9.17, 15) is 0 Å². The third-order valence-corrected chi connectivity index (χ3v) is 3.28.